The maximum atomic E-state index is 5.53. The molecule has 0 unspecified atom stereocenters. The molecule has 0 bridgehead atoms. The maximum absolute atomic E-state index is 5.53. The van der Waals surface area contributed by atoms with Gasteiger partial charge in [0, 0.05) is 5.56 Å². The predicted octanol–water partition coefficient (Wildman–Crippen LogP) is 2.10. The molecule has 1 heterocycles. The van der Waals surface area contributed by atoms with Crippen molar-refractivity contribution in [3.8, 4) is 16.3 Å². The fraction of sp³-hybridized carbons (Fsp3) is 0.200. The molecule has 0 aliphatic rings. The maximum Gasteiger partial charge on any atom is 0.203 e. The van der Waals surface area contributed by atoms with Crippen molar-refractivity contribution in [3.05, 3.63) is 23.8 Å². The molecule has 15 heavy (non-hydrogen) atoms. The second kappa shape index (κ2) is 3.86. The molecule has 4 nitrogen and oxygen atoms in total. The molecular weight excluding hydrogens is 210 g/mol. The summed E-state index contributed by atoms with van der Waals surface area (Å²) in [6.45, 7) is 2.00. The van der Waals surface area contributed by atoms with E-state index in [9.17, 15) is 0 Å². The highest BCUT2D eigenvalue weighted by molar-refractivity contribution is 7.18. The average molecular weight is 221 g/mol. The number of methoxy groups -OCH3 is 1. The predicted molar refractivity (Wildman–Crippen MR) is 61.0 cm³/mol. The SMILES string of the molecule is COc1cc(-c2nnc(N)s2)ccc1C. The molecule has 0 fully saturated rings. The van der Waals surface area contributed by atoms with E-state index in [-0.39, 0.29) is 0 Å². The van der Waals surface area contributed by atoms with E-state index in [4.69, 9.17) is 10.5 Å². The quantitative estimate of drug-likeness (QED) is 0.843. The van der Waals surface area contributed by atoms with Crippen LogP contribution < -0.4 is 10.5 Å². The van der Waals surface area contributed by atoms with Gasteiger partial charge in [0.2, 0.25) is 5.13 Å². The van der Waals surface area contributed by atoms with Gasteiger partial charge in [-0.2, -0.15) is 0 Å². The van der Waals surface area contributed by atoms with Gasteiger partial charge in [-0.25, -0.2) is 0 Å². The van der Waals surface area contributed by atoms with Gasteiger partial charge in [0.15, 0.2) is 0 Å². The minimum atomic E-state index is 0.476. The molecule has 0 spiro atoms. The smallest absolute Gasteiger partial charge is 0.203 e. The Balaban J connectivity index is 2.45. The summed E-state index contributed by atoms with van der Waals surface area (Å²) in [6.07, 6.45) is 0. The molecule has 78 valence electrons. The summed E-state index contributed by atoms with van der Waals surface area (Å²) in [5.41, 5.74) is 7.60. The van der Waals surface area contributed by atoms with Crippen LogP contribution in [-0.4, -0.2) is 17.3 Å². The number of hydrogen-bond donors (Lipinski definition) is 1. The van der Waals surface area contributed by atoms with Gasteiger partial charge in [-0.3, -0.25) is 0 Å². The lowest BCUT2D eigenvalue weighted by molar-refractivity contribution is 0.412. The van der Waals surface area contributed by atoms with Crippen LogP contribution >= 0.6 is 11.3 Å². The fourth-order valence-electron chi connectivity index (χ4n) is 1.30. The highest BCUT2D eigenvalue weighted by Gasteiger charge is 2.06. The van der Waals surface area contributed by atoms with Crippen LogP contribution in [0.15, 0.2) is 18.2 Å². The molecule has 0 radical (unpaired) electrons. The second-order valence-corrected chi connectivity index (χ2v) is 4.14. The zero-order chi connectivity index (χ0) is 10.8. The summed E-state index contributed by atoms with van der Waals surface area (Å²) in [4.78, 5) is 0. The van der Waals surface area contributed by atoms with Crippen molar-refractivity contribution in [2.24, 2.45) is 0 Å². The molecule has 0 aliphatic carbocycles. The third-order valence-corrected chi connectivity index (χ3v) is 2.90. The van der Waals surface area contributed by atoms with Crippen molar-refractivity contribution in [3.63, 3.8) is 0 Å². The highest BCUT2D eigenvalue weighted by atomic mass is 32.1. The van der Waals surface area contributed by atoms with Gasteiger partial charge in [0.1, 0.15) is 10.8 Å². The van der Waals surface area contributed by atoms with Gasteiger partial charge in [-0.1, -0.05) is 23.5 Å². The Morgan fingerprint density at radius 3 is 2.73 bits per heavy atom. The number of aromatic nitrogens is 2. The summed E-state index contributed by atoms with van der Waals surface area (Å²) >= 11 is 1.37. The molecule has 1 aromatic heterocycles. The third-order valence-electron chi connectivity index (χ3n) is 2.10. The zero-order valence-corrected chi connectivity index (χ0v) is 9.34. The summed E-state index contributed by atoms with van der Waals surface area (Å²) < 4.78 is 5.24. The first-order valence-electron chi connectivity index (χ1n) is 4.44. The number of hydrogen-bond acceptors (Lipinski definition) is 5. The average Bonchev–Trinajstić information content (AvgIpc) is 2.66. The lowest BCUT2D eigenvalue weighted by Gasteiger charge is -2.05. The number of nitrogens with zero attached hydrogens (tertiary/aromatic N) is 2. The van der Waals surface area contributed by atoms with Crippen LogP contribution in [0.1, 0.15) is 5.56 Å². The Hall–Kier alpha value is -1.62. The number of nitrogen functional groups attached to an aromatic ring is 1. The van der Waals surface area contributed by atoms with Crippen LogP contribution in [-0.2, 0) is 0 Å². The van der Waals surface area contributed by atoms with E-state index < -0.39 is 0 Å². The molecule has 2 aromatic rings. The summed E-state index contributed by atoms with van der Waals surface area (Å²) in [5.74, 6) is 0.848. The van der Waals surface area contributed by atoms with Crippen LogP contribution in [0.2, 0.25) is 0 Å². The lowest BCUT2D eigenvalue weighted by atomic mass is 10.1. The van der Waals surface area contributed by atoms with Crippen LogP contribution in [0.4, 0.5) is 5.13 Å². The van der Waals surface area contributed by atoms with E-state index in [1.54, 1.807) is 7.11 Å². The molecule has 0 aliphatic heterocycles. The van der Waals surface area contributed by atoms with Crippen LogP contribution in [0, 0.1) is 6.92 Å². The Labute approximate surface area is 91.7 Å². The van der Waals surface area contributed by atoms with E-state index in [2.05, 4.69) is 10.2 Å². The van der Waals surface area contributed by atoms with E-state index in [1.807, 2.05) is 25.1 Å². The van der Waals surface area contributed by atoms with Crippen molar-refractivity contribution in [1.82, 2.24) is 10.2 Å². The van der Waals surface area contributed by atoms with Crippen LogP contribution in [0.5, 0.6) is 5.75 Å². The first-order chi connectivity index (χ1) is 7.20. The van der Waals surface area contributed by atoms with E-state index >= 15 is 0 Å². The summed E-state index contributed by atoms with van der Waals surface area (Å²) in [7, 11) is 1.65. The first-order valence-corrected chi connectivity index (χ1v) is 5.26. The van der Waals surface area contributed by atoms with Crippen molar-refractivity contribution in [2.75, 3.05) is 12.8 Å². The van der Waals surface area contributed by atoms with E-state index in [1.165, 1.54) is 11.3 Å². The topological polar surface area (TPSA) is 61.0 Å². The van der Waals surface area contributed by atoms with Crippen LogP contribution in [0.25, 0.3) is 10.6 Å². The van der Waals surface area contributed by atoms with Gasteiger partial charge in [-0.15, -0.1) is 10.2 Å². The molecule has 0 saturated heterocycles. The summed E-state index contributed by atoms with van der Waals surface area (Å²) in [6, 6.07) is 5.92. The largest absolute Gasteiger partial charge is 0.496 e. The second-order valence-electron chi connectivity index (χ2n) is 3.13. The first kappa shape index (κ1) is 9.92. The number of rotatable bonds is 2. The molecule has 5 heteroatoms. The third kappa shape index (κ3) is 1.92. The molecule has 2 rings (SSSR count). The molecule has 0 atom stereocenters. The molecule has 0 saturated carbocycles. The molecule has 1 aromatic carbocycles. The Bertz CT molecular complexity index is 481. The highest BCUT2D eigenvalue weighted by Crippen LogP contribution is 2.29. The minimum absolute atomic E-state index is 0.476. The van der Waals surface area contributed by atoms with E-state index in [0.717, 1.165) is 21.9 Å². The van der Waals surface area contributed by atoms with Crippen molar-refractivity contribution < 1.29 is 4.74 Å². The van der Waals surface area contributed by atoms with Crippen molar-refractivity contribution in [1.29, 1.82) is 0 Å². The molecular formula is C10H11N3OS. The number of anilines is 1. The van der Waals surface area contributed by atoms with Gasteiger partial charge < -0.3 is 10.5 Å². The lowest BCUT2D eigenvalue weighted by Crippen LogP contribution is -1.87. The van der Waals surface area contributed by atoms with E-state index in [0.29, 0.717) is 5.13 Å². The number of benzene rings is 1. The van der Waals surface area contributed by atoms with Gasteiger partial charge in [0.25, 0.3) is 0 Å². The Kier molecular flexibility index (Phi) is 2.55. The Morgan fingerprint density at radius 2 is 2.13 bits per heavy atom. The van der Waals surface area contributed by atoms with Gasteiger partial charge >= 0.3 is 0 Å². The standard InChI is InChI=1S/C10H11N3OS/c1-6-3-4-7(5-8(6)14-2)9-12-13-10(11)15-9/h3-5H,1-2H3,(H2,11,13). The monoisotopic (exact) mass is 221 g/mol. The van der Waals surface area contributed by atoms with Gasteiger partial charge in [0.05, 0.1) is 7.11 Å². The zero-order valence-electron chi connectivity index (χ0n) is 8.52. The van der Waals surface area contributed by atoms with Gasteiger partial charge in [-0.05, 0) is 18.6 Å². The summed E-state index contributed by atoms with van der Waals surface area (Å²) in [5, 5.41) is 9.04. The van der Waals surface area contributed by atoms with Crippen LogP contribution in [0.3, 0.4) is 0 Å². The normalized spacial score (nSPS) is 10.3. The molecule has 0 amide bonds. The fourth-order valence-corrected chi connectivity index (χ4v) is 1.91. The Morgan fingerprint density at radius 1 is 1.33 bits per heavy atom. The molecule has 2 N–H and O–H groups in total. The number of aryl methyl sites for hydroxylation is 1. The number of ether oxygens (including phenoxy) is 1. The van der Waals surface area contributed by atoms with Crippen molar-refractivity contribution >= 4 is 16.5 Å². The number of nitrogens with two attached hydrogens (primary N) is 1. The van der Waals surface area contributed by atoms with Crippen molar-refractivity contribution in [2.45, 2.75) is 6.92 Å². The minimum Gasteiger partial charge on any atom is -0.496 e.